The molecule has 0 saturated heterocycles. The van der Waals surface area contributed by atoms with E-state index in [9.17, 15) is 14.4 Å². The van der Waals surface area contributed by atoms with Crippen molar-refractivity contribution in [2.24, 2.45) is 0 Å². The minimum atomic E-state index is -0.805. The van der Waals surface area contributed by atoms with Gasteiger partial charge in [-0.25, -0.2) is 0 Å². The summed E-state index contributed by atoms with van der Waals surface area (Å²) < 4.78 is 16.9. The van der Waals surface area contributed by atoms with Crippen molar-refractivity contribution in [2.75, 3.05) is 13.2 Å². The highest BCUT2D eigenvalue weighted by atomic mass is 16.6. The van der Waals surface area contributed by atoms with Crippen LogP contribution in [0.1, 0.15) is 342 Å². The van der Waals surface area contributed by atoms with Gasteiger partial charge in [0, 0.05) is 19.3 Å². The van der Waals surface area contributed by atoms with Gasteiger partial charge in [0.1, 0.15) is 13.2 Å². The Morgan fingerprint density at radius 1 is 0.259 bits per heavy atom. The maximum atomic E-state index is 12.9. The second-order valence-electron chi connectivity index (χ2n) is 23.1. The minimum Gasteiger partial charge on any atom is -0.462 e. The molecule has 0 heterocycles. The Labute approximate surface area is 502 Å². The fraction of sp³-hybridized carbons (Fsp3) is 0.747. The average molecular weight is 1130 g/mol. The van der Waals surface area contributed by atoms with E-state index in [1.54, 1.807) is 0 Å². The van der Waals surface area contributed by atoms with Crippen molar-refractivity contribution in [1.29, 1.82) is 0 Å². The lowest BCUT2D eigenvalue weighted by Gasteiger charge is -2.18. The summed E-state index contributed by atoms with van der Waals surface area (Å²) in [6.07, 6.45) is 93.2. The Balaban J connectivity index is 4.11. The van der Waals surface area contributed by atoms with Crippen LogP contribution in [0.25, 0.3) is 0 Å². The van der Waals surface area contributed by atoms with Crippen molar-refractivity contribution in [3.63, 3.8) is 0 Å². The van der Waals surface area contributed by atoms with Gasteiger partial charge in [-0.1, -0.05) is 304 Å². The molecule has 0 aromatic rings. The largest absolute Gasteiger partial charge is 0.462 e. The van der Waals surface area contributed by atoms with Crippen molar-refractivity contribution in [3.05, 3.63) is 97.2 Å². The first-order chi connectivity index (χ1) is 40.0. The van der Waals surface area contributed by atoms with Gasteiger partial charge in [-0.2, -0.15) is 0 Å². The molecular weight excluding hydrogens is 997 g/mol. The van der Waals surface area contributed by atoms with Crippen molar-refractivity contribution in [1.82, 2.24) is 0 Å². The second kappa shape index (κ2) is 68.8. The van der Waals surface area contributed by atoms with Crippen LogP contribution < -0.4 is 0 Å². The lowest BCUT2D eigenvalue weighted by atomic mass is 10.0. The van der Waals surface area contributed by atoms with E-state index in [1.165, 1.54) is 180 Å². The summed E-state index contributed by atoms with van der Waals surface area (Å²) in [5, 5.41) is 0. The van der Waals surface area contributed by atoms with Crippen LogP contribution in [0.4, 0.5) is 0 Å². The molecule has 6 heteroatoms. The van der Waals surface area contributed by atoms with Crippen molar-refractivity contribution >= 4 is 17.9 Å². The number of ether oxygens (including phenoxy) is 3. The molecule has 0 aliphatic rings. The number of esters is 3. The van der Waals surface area contributed by atoms with E-state index in [0.717, 1.165) is 116 Å². The number of unbranched alkanes of at least 4 members (excludes halogenated alkanes) is 36. The topological polar surface area (TPSA) is 78.9 Å². The quantitative estimate of drug-likeness (QED) is 0.0261. The molecule has 0 rings (SSSR count). The maximum absolute atomic E-state index is 12.9. The molecule has 0 spiro atoms. The Kier molecular flexibility index (Phi) is 65.7. The standard InChI is InChI=1S/C75H130O6/c1-4-7-10-13-16-19-22-25-27-28-29-30-31-32-33-34-35-36-37-38-39-40-41-42-43-44-45-46-48-50-53-56-59-62-65-68-74(77)80-71-72(70-79-73(76)67-64-61-58-55-52-49-24-21-18-15-12-9-6-3)81-75(78)69-66-63-60-57-54-51-47-26-23-20-17-14-11-8-5-2/h8,11-12,15,17,20-22,24-26,28-29,47,54,57,72H,4-7,9-10,13-14,16,18-19,23,27,30-46,48-53,55-56,58-71H2,1-3H3/b11-8-,15-12-,20-17-,24-21-,25-22-,29-28-,47-26-,57-54-. The highest BCUT2D eigenvalue weighted by molar-refractivity contribution is 5.71. The first-order valence-electron chi connectivity index (χ1n) is 34.7. The lowest BCUT2D eigenvalue weighted by molar-refractivity contribution is -0.167. The van der Waals surface area contributed by atoms with Crippen molar-refractivity contribution in [3.8, 4) is 0 Å². The van der Waals surface area contributed by atoms with Gasteiger partial charge in [0.15, 0.2) is 6.10 Å². The van der Waals surface area contributed by atoms with E-state index >= 15 is 0 Å². The number of carbonyl (C=O) groups excluding carboxylic acids is 3. The van der Waals surface area contributed by atoms with Gasteiger partial charge in [-0.15, -0.1) is 0 Å². The summed E-state index contributed by atoms with van der Waals surface area (Å²) in [5.41, 5.74) is 0. The number of carbonyl (C=O) groups is 3. The molecule has 0 bridgehead atoms. The Bertz CT molecular complexity index is 1580. The first kappa shape index (κ1) is 77.3. The molecule has 0 fully saturated rings. The molecule has 0 aromatic carbocycles. The molecule has 0 aromatic heterocycles. The van der Waals surface area contributed by atoms with Gasteiger partial charge < -0.3 is 14.2 Å². The summed E-state index contributed by atoms with van der Waals surface area (Å²) in [6.45, 7) is 6.43. The molecule has 0 aliphatic heterocycles. The third kappa shape index (κ3) is 67.0. The Morgan fingerprint density at radius 2 is 0.506 bits per heavy atom. The number of rotatable bonds is 63. The van der Waals surface area contributed by atoms with Crippen LogP contribution in [0.15, 0.2) is 97.2 Å². The van der Waals surface area contributed by atoms with E-state index in [1.807, 2.05) is 0 Å². The first-order valence-corrected chi connectivity index (χ1v) is 34.7. The van der Waals surface area contributed by atoms with Crippen molar-refractivity contribution in [2.45, 2.75) is 348 Å². The van der Waals surface area contributed by atoms with Crippen LogP contribution in [0.2, 0.25) is 0 Å². The fourth-order valence-electron chi connectivity index (χ4n) is 9.86. The molecule has 0 radical (unpaired) electrons. The molecule has 0 saturated carbocycles. The third-order valence-electron chi connectivity index (χ3n) is 15.0. The number of hydrogen-bond acceptors (Lipinski definition) is 6. The molecule has 0 N–H and O–H groups in total. The second-order valence-corrected chi connectivity index (χ2v) is 23.1. The van der Waals surface area contributed by atoms with E-state index in [2.05, 4.69) is 118 Å². The Hall–Kier alpha value is -3.67. The zero-order valence-corrected chi connectivity index (χ0v) is 53.5. The normalized spacial score (nSPS) is 12.7. The van der Waals surface area contributed by atoms with Gasteiger partial charge >= 0.3 is 17.9 Å². The van der Waals surface area contributed by atoms with E-state index in [-0.39, 0.29) is 37.5 Å². The van der Waals surface area contributed by atoms with Crippen molar-refractivity contribution < 1.29 is 28.6 Å². The van der Waals surface area contributed by atoms with Crippen LogP contribution in [0.5, 0.6) is 0 Å². The number of allylic oxidation sites excluding steroid dienone is 16. The van der Waals surface area contributed by atoms with Crippen LogP contribution in [0.3, 0.4) is 0 Å². The van der Waals surface area contributed by atoms with E-state index in [0.29, 0.717) is 19.3 Å². The van der Waals surface area contributed by atoms with Gasteiger partial charge in [0.25, 0.3) is 0 Å². The highest BCUT2D eigenvalue weighted by Crippen LogP contribution is 2.17. The van der Waals surface area contributed by atoms with Crippen LogP contribution in [-0.2, 0) is 28.6 Å². The summed E-state index contributed by atoms with van der Waals surface area (Å²) in [4.78, 5) is 38.3. The maximum Gasteiger partial charge on any atom is 0.306 e. The van der Waals surface area contributed by atoms with Gasteiger partial charge in [0.2, 0.25) is 0 Å². The molecule has 0 aliphatic carbocycles. The highest BCUT2D eigenvalue weighted by Gasteiger charge is 2.19. The predicted molar refractivity (Wildman–Crippen MR) is 353 cm³/mol. The third-order valence-corrected chi connectivity index (χ3v) is 15.0. The number of hydrogen-bond donors (Lipinski definition) is 0. The molecule has 1 unspecified atom stereocenters. The summed E-state index contributed by atoms with van der Waals surface area (Å²) in [7, 11) is 0. The SMILES string of the molecule is CC/C=C\C/C=C\C/C=C\C/C=C\CCCCC(=O)OC(COC(=O)CCCCCCC/C=C\C/C=C\CCC)COC(=O)CCCCCCCCCCCCCCCCCCCCCCCCC/C=C\C/C=C\CCCCCCC. The smallest absolute Gasteiger partial charge is 0.306 e. The molecule has 81 heavy (non-hydrogen) atoms. The fourth-order valence-corrected chi connectivity index (χ4v) is 9.86. The monoisotopic (exact) mass is 1130 g/mol. The predicted octanol–water partition coefficient (Wildman–Crippen LogP) is 24.0. The summed E-state index contributed by atoms with van der Waals surface area (Å²) in [5.74, 6) is -0.942. The minimum absolute atomic E-state index is 0.0964. The summed E-state index contributed by atoms with van der Waals surface area (Å²) in [6, 6.07) is 0. The van der Waals surface area contributed by atoms with Crippen LogP contribution in [0, 0.1) is 0 Å². The molecule has 6 nitrogen and oxygen atoms in total. The summed E-state index contributed by atoms with van der Waals surface area (Å²) >= 11 is 0. The molecule has 466 valence electrons. The average Bonchev–Trinajstić information content (AvgIpc) is 3.46. The van der Waals surface area contributed by atoms with Gasteiger partial charge in [0.05, 0.1) is 0 Å². The molecule has 1 atom stereocenters. The van der Waals surface area contributed by atoms with Crippen LogP contribution in [-0.4, -0.2) is 37.2 Å². The molecule has 0 amide bonds. The van der Waals surface area contributed by atoms with Crippen LogP contribution >= 0.6 is 0 Å². The zero-order valence-electron chi connectivity index (χ0n) is 53.5. The Morgan fingerprint density at radius 3 is 0.827 bits per heavy atom. The zero-order chi connectivity index (χ0) is 58.5. The van der Waals surface area contributed by atoms with Gasteiger partial charge in [-0.05, 0) is 116 Å². The lowest BCUT2D eigenvalue weighted by Crippen LogP contribution is -2.30. The molecular formula is C75H130O6. The van der Waals surface area contributed by atoms with E-state index < -0.39 is 6.10 Å². The van der Waals surface area contributed by atoms with E-state index in [4.69, 9.17) is 14.2 Å². The van der Waals surface area contributed by atoms with Gasteiger partial charge in [-0.3, -0.25) is 14.4 Å².